The van der Waals surface area contributed by atoms with Gasteiger partial charge in [-0.05, 0) is 12.0 Å². The Labute approximate surface area is 195 Å². The molecule has 0 spiro atoms. The molecule has 0 fully saturated rings. The zero-order valence-electron chi connectivity index (χ0n) is 18.4. The van der Waals surface area contributed by atoms with E-state index < -0.39 is 68.6 Å². The molecule has 0 saturated carbocycles. The minimum Gasteiger partial charge on any atom is -0.480 e. The second kappa shape index (κ2) is 14.6. The molecule has 0 aliphatic carbocycles. The first-order valence-corrected chi connectivity index (χ1v) is 10.3. The summed E-state index contributed by atoms with van der Waals surface area (Å²) in [5.41, 5.74) is 0.596. The van der Waals surface area contributed by atoms with E-state index in [-0.39, 0.29) is 26.1 Å². The highest BCUT2D eigenvalue weighted by Crippen LogP contribution is 2.22. The highest BCUT2D eigenvalue weighted by atomic mass is 16.4. The SMILES string of the molecule is O=C(O)CN(CCCN(CC(=O)O)CC(c1ccccc1)N(CC(=O)O)CC(=O)O)CC(=O)O. The average molecular weight is 483 g/mol. The lowest BCUT2D eigenvalue weighted by molar-refractivity contribution is -0.145. The van der Waals surface area contributed by atoms with Crippen molar-refractivity contribution in [1.82, 2.24) is 14.7 Å². The van der Waals surface area contributed by atoms with Crippen LogP contribution in [-0.2, 0) is 24.0 Å². The van der Waals surface area contributed by atoms with Crippen LogP contribution >= 0.6 is 0 Å². The van der Waals surface area contributed by atoms with Crippen LogP contribution in [0.2, 0.25) is 0 Å². The van der Waals surface area contributed by atoms with Crippen LogP contribution in [0.15, 0.2) is 30.3 Å². The molecule has 0 radical (unpaired) electrons. The summed E-state index contributed by atoms with van der Waals surface area (Å²) in [5.74, 6) is -6.06. The van der Waals surface area contributed by atoms with Crippen molar-refractivity contribution in [1.29, 1.82) is 0 Å². The predicted octanol–water partition coefficient (Wildman–Crippen LogP) is -0.553. The molecular formula is C21H29N3O10. The Bertz CT molecular complexity index is 816. The first kappa shape index (κ1) is 28.5. The van der Waals surface area contributed by atoms with Crippen molar-refractivity contribution in [2.75, 3.05) is 52.4 Å². The molecular weight excluding hydrogens is 454 g/mol. The Hall–Kier alpha value is -3.55. The maximum atomic E-state index is 11.4. The largest absolute Gasteiger partial charge is 0.480 e. The average Bonchev–Trinajstić information content (AvgIpc) is 2.69. The number of carbonyl (C=O) groups is 5. The van der Waals surface area contributed by atoms with Crippen LogP contribution in [-0.4, -0.2) is 122 Å². The van der Waals surface area contributed by atoms with Gasteiger partial charge in [-0.3, -0.25) is 38.7 Å². The van der Waals surface area contributed by atoms with Gasteiger partial charge in [0.2, 0.25) is 0 Å². The van der Waals surface area contributed by atoms with Crippen molar-refractivity contribution >= 4 is 29.8 Å². The lowest BCUT2D eigenvalue weighted by Gasteiger charge is -2.34. The molecule has 13 nitrogen and oxygen atoms in total. The molecule has 1 atom stereocenters. The van der Waals surface area contributed by atoms with E-state index in [0.29, 0.717) is 5.56 Å². The van der Waals surface area contributed by atoms with Crippen LogP contribution in [0.5, 0.6) is 0 Å². The summed E-state index contributed by atoms with van der Waals surface area (Å²) < 4.78 is 0. The molecule has 0 aromatic heterocycles. The topological polar surface area (TPSA) is 196 Å². The highest BCUT2D eigenvalue weighted by molar-refractivity contribution is 5.73. The van der Waals surface area contributed by atoms with Gasteiger partial charge in [0.05, 0.1) is 32.7 Å². The Morgan fingerprint density at radius 3 is 1.47 bits per heavy atom. The van der Waals surface area contributed by atoms with Crippen molar-refractivity contribution in [3.8, 4) is 0 Å². The molecule has 0 amide bonds. The maximum Gasteiger partial charge on any atom is 0.317 e. The molecule has 13 heteroatoms. The molecule has 34 heavy (non-hydrogen) atoms. The molecule has 1 unspecified atom stereocenters. The Morgan fingerprint density at radius 1 is 0.618 bits per heavy atom. The van der Waals surface area contributed by atoms with Gasteiger partial charge in [-0.1, -0.05) is 30.3 Å². The van der Waals surface area contributed by atoms with E-state index in [2.05, 4.69) is 0 Å². The summed E-state index contributed by atoms with van der Waals surface area (Å²) in [5, 5.41) is 45.8. The normalized spacial score (nSPS) is 12.1. The van der Waals surface area contributed by atoms with E-state index in [9.17, 15) is 39.3 Å². The number of aliphatic carboxylic acids is 5. The summed E-state index contributed by atoms with van der Waals surface area (Å²) in [6.07, 6.45) is 0.229. The summed E-state index contributed by atoms with van der Waals surface area (Å²) in [6.45, 7) is -2.43. The van der Waals surface area contributed by atoms with Crippen LogP contribution in [0, 0.1) is 0 Å². The smallest absolute Gasteiger partial charge is 0.317 e. The number of hydrogen-bond acceptors (Lipinski definition) is 8. The molecule has 5 N–H and O–H groups in total. The van der Waals surface area contributed by atoms with E-state index in [1.807, 2.05) is 0 Å². The number of rotatable bonds is 18. The number of carboxylic acids is 5. The van der Waals surface area contributed by atoms with Crippen molar-refractivity contribution in [3.05, 3.63) is 35.9 Å². The monoisotopic (exact) mass is 483 g/mol. The van der Waals surface area contributed by atoms with Gasteiger partial charge in [-0.2, -0.15) is 0 Å². The molecule has 0 heterocycles. The van der Waals surface area contributed by atoms with Gasteiger partial charge in [-0.25, -0.2) is 0 Å². The van der Waals surface area contributed by atoms with E-state index >= 15 is 0 Å². The molecule has 1 rings (SSSR count). The second-order valence-electron chi connectivity index (χ2n) is 7.60. The van der Waals surface area contributed by atoms with Gasteiger partial charge in [0.15, 0.2) is 0 Å². The van der Waals surface area contributed by atoms with E-state index in [1.165, 1.54) is 14.7 Å². The quantitative estimate of drug-likeness (QED) is 0.178. The minimum absolute atomic E-state index is 0.0191. The lowest BCUT2D eigenvalue weighted by atomic mass is 10.0. The molecule has 188 valence electrons. The van der Waals surface area contributed by atoms with Gasteiger partial charge in [0.1, 0.15) is 0 Å². The van der Waals surface area contributed by atoms with Crippen molar-refractivity contribution in [2.45, 2.75) is 12.5 Å². The van der Waals surface area contributed by atoms with E-state index in [1.54, 1.807) is 30.3 Å². The lowest BCUT2D eigenvalue weighted by Crippen LogP contribution is -2.45. The number of nitrogens with zero attached hydrogens (tertiary/aromatic N) is 3. The Balaban J connectivity index is 3.07. The summed E-state index contributed by atoms with van der Waals surface area (Å²) >= 11 is 0. The zero-order chi connectivity index (χ0) is 25.7. The molecule has 1 aromatic rings. The second-order valence-corrected chi connectivity index (χ2v) is 7.60. The van der Waals surface area contributed by atoms with Gasteiger partial charge in [0, 0.05) is 25.7 Å². The first-order valence-electron chi connectivity index (χ1n) is 10.3. The van der Waals surface area contributed by atoms with Gasteiger partial charge >= 0.3 is 29.8 Å². The third kappa shape index (κ3) is 11.9. The molecule has 0 aliphatic rings. The molecule has 0 saturated heterocycles. The predicted molar refractivity (Wildman–Crippen MR) is 116 cm³/mol. The number of benzene rings is 1. The van der Waals surface area contributed by atoms with E-state index in [0.717, 1.165) is 0 Å². The number of hydrogen-bond donors (Lipinski definition) is 5. The van der Waals surface area contributed by atoms with E-state index in [4.69, 9.17) is 10.2 Å². The van der Waals surface area contributed by atoms with Crippen LogP contribution in [0.3, 0.4) is 0 Å². The fourth-order valence-corrected chi connectivity index (χ4v) is 3.52. The minimum atomic E-state index is -1.25. The van der Waals surface area contributed by atoms with Crippen LogP contribution < -0.4 is 0 Å². The summed E-state index contributed by atoms with van der Waals surface area (Å²) in [4.78, 5) is 60.0. The Kier molecular flexibility index (Phi) is 12.2. The van der Waals surface area contributed by atoms with Crippen molar-refractivity contribution in [2.24, 2.45) is 0 Å². The highest BCUT2D eigenvalue weighted by Gasteiger charge is 2.27. The van der Waals surface area contributed by atoms with Gasteiger partial charge < -0.3 is 25.5 Å². The first-order chi connectivity index (χ1) is 16.0. The standard InChI is InChI=1S/C21H29N3O10/c25-17(26)10-22(7-4-8-23(11-18(27)28)12-19(29)30)9-16(15-5-2-1-3-6-15)24(13-20(31)32)14-21(33)34/h1-3,5-6,16H,4,7-14H2,(H,25,26)(H,27,28)(H,29,30)(H,31,32)(H,33,34). The van der Waals surface area contributed by atoms with Gasteiger partial charge in [-0.15, -0.1) is 0 Å². The van der Waals surface area contributed by atoms with Crippen molar-refractivity contribution < 1.29 is 49.5 Å². The zero-order valence-corrected chi connectivity index (χ0v) is 18.4. The molecule has 1 aromatic carbocycles. The fourth-order valence-electron chi connectivity index (χ4n) is 3.52. The Morgan fingerprint density at radius 2 is 1.03 bits per heavy atom. The summed E-state index contributed by atoms with van der Waals surface area (Å²) in [7, 11) is 0. The van der Waals surface area contributed by atoms with Crippen molar-refractivity contribution in [3.63, 3.8) is 0 Å². The fraction of sp³-hybridized carbons (Fsp3) is 0.476. The molecule has 0 bridgehead atoms. The van der Waals surface area contributed by atoms with Crippen LogP contribution in [0.4, 0.5) is 0 Å². The third-order valence-corrected chi connectivity index (χ3v) is 4.76. The molecule has 0 aliphatic heterocycles. The number of carboxylic acid groups (broad SMARTS) is 5. The van der Waals surface area contributed by atoms with Gasteiger partial charge in [0.25, 0.3) is 0 Å². The summed E-state index contributed by atoms with van der Waals surface area (Å²) in [6, 6.07) is 7.72. The maximum absolute atomic E-state index is 11.4. The third-order valence-electron chi connectivity index (χ3n) is 4.76. The van der Waals surface area contributed by atoms with Crippen LogP contribution in [0.1, 0.15) is 18.0 Å². The van der Waals surface area contributed by atoms with Crippen LogP contribution in [0.25, 0.3) is 0 Å².